The molecule has 2 aromatic rings. The standard InChI is InChI=1S/C11H15N5/c12-4-8-3-9-11(15-6-14-9)10(16-8)7-1-2-13-5-7/h3,6-7,13H,1-2,4-5,12H2,(H,14,15). The van der Waals surface area contributed by atoms with Crippen LogP contribution in [0, 0.1) is 0 Å². The monoisotopic (exact) mass is 217 g/mol. The molecule has 1 aliphatic rings. The summed E-state index contributed by atoms with van der Waals surface area (Å²) in [5, 5.41) is 3.36. The van der Waals surface area contributed by atoms with E-state index in [1.54, 1.807) is 6.33 Å². The summed E-state index contributed by atoms with van der Waals surface area (Å²) in [5.74, 6) is 0.470. The number of aromatic amines is 1. The lowest BCUT2D eigenvalue weighted by molar-refractivity contribution is 0.733. The number of nitrogens with one attached hydrogen (secondary N) is 2. The fourth-order valence-electron chi connectivity index (χ4n) is 2.30. The Hall–Kier alpha value is -1.46. The van der Waals surface area contributed by atoms with E-state index >= 15 is 0 Å². The van der Waals surface area contributed by atoms with Gasteiger partial charge in [0.25, 0.3) is 0 Å². The molecule has 0 aromatic carbocycles. The highest BCUT2D eigenvalue weighted by Gasteiger charge is 2.21. The van der Waals surface area contributed by atoms with Crippen molar-refractivity contribution in [2.75, 3.05) is 13.1 Å². The average molecular weight is 217 g/mol. The molecule has 0 saturated carbocycles. The summed E-state index contributed by atoms with van der Waals surface area (Å²) in [6.07, 6.45) is 2.85. The van der Waals surface area contributed by atoms with Crippen molar-refractivity contribution >= 4 is 11.0 Å². The molecule has 1 aliphatic heterocycles. The number of nitrogens with zero attached hydrogens (tertiary/aromatic N) is 2. The zero-order valence-electron chi connectivity index (χ0n) is 9.03. The summed E-state index contributed by atoms with van der Waals surface area (Å²) in [5.41, 5.74) is 9.71. The molecule has 0 spiro atoms. The van der Waals surface area contributed by atoms with Crippen molar-refractivity contribution in [3.05, 3.63) is 23.8 Å². The topological polar surface area (TPSA) is 79.6 Å². The van der Waals surface area contributed by atoms with Crippen LogP contribution >= 0.6 is 0 Å². The van der Waals surface area contributed by atoms with Gasteiger partial charge in [0.2, 0.25) is 0 Å². The Kier molecular flexibility index (Phi) is 2.34. The lowest BCUT2D eigenvalue weighted by Gasteiger charge is -2.10. The molecule has 0 amide bonds. The van der Waals surface area contributed by atoms with Crippen LogP contribution in [-0.2, 0) is 6.54 Å². The molecule has 1 atom stereocenters. The molecule has 5 heteroatoms. The quantitative estimate of drug-likeness (QED) is 0.684. The summed E-state index contributed by atoms with van der Waals surface area (Å²) >= 11 is 0. The maximum Gasteiger partial charge on any atom is 0.110 e. The van der Waals surface area contributed by atoms with Crippen molar-refractivity contribution in [2.24, 2.45) is 5.73 Å². The molecule has 16 heavy (non-hydrogen) atoms. The van der Waals surface area contributed by atoms with E-state index in [-0.39, 0.29) is 0 Å². The molecule has 3 rings (SSSR count). The van der Waals surface area contributed by atoms with Gasteiger partial charge in [0.1, 0.15) is 5.52 Å². The van der Waals surface area contributed by atoms with Crippen LogP contribution in [0.5, 0.6) is 0 Å². The number of nitrogens with two attached hydrogens (primary N) is 1. The Balaban J connectivity index is 2.15. The summed E-state index contributed by atoms with van der Waals surface area (Å²) in [7, 11) is 0. The Morgan fingerprint density at radius 3 is 3.19 bits per heavy atom. The van der Waals surface area contributed by atoms with Crippen molar-refractivity contribution in [2.45, 2.75) is 18.9 Å². The predicted molar refractivity (Wildman–Crippen MR) is 62.0 cm³/mol. The van der Waals surface area contributed by atoms with Gasteiger partial charge in [-0.15, -0.1) is 0 Å². The number of hydrogen-bond donors (Lipinski definition) is 3. The van der Waals surface area contributed by atoms with Crippen LogP contribution in [0.15, 0.2) is 12.4 Å². The van der Waals surface area contributed by atoms with Gasteiger partial charge in [0.15, 0.2) is 0 Å². The molecule has 4 N–H and O–H groups in total. The average Bonchev–Trinajstić information content (AvgIpc) is 2.98. The fourth-order valence-corrected chi connectivity index (χ4v) is 2.30. The molecule has 0 radical (unpaired) electrons. The number of hydrogen-bond acceptors (Lipinski definition) is 4. The predicted octanol–water partition coefficient (Wildman–Crippen LogP) is 0.493. The molecule has 5 nitrogen and oxygen atoms in total. The van der Waals surface area contributed by atoms with Crippen LogP contribution in [0.4, 0.5) is 0 Å². The third-order valence-electron chi connectivity index (χ3n) is 3.14. The van der Waals surface area contributed by atoms with E-state index in [9.17, 15) is 0 Å². The van der Waals surface area contributed by atoms with Crippen LogP contribution in [0.2, 0.25) is 0 Å². The minimum Gasteiger partial charge on any atom is -0.344 e. The fraction of sp³-hybridized carbons (Fsp3) is 0.455. The molecule has 3 heterocycles. The van der Waals surface area contributed by atoms with E-state index in [4.69, 9.17) is 5.73 Å². The maximum atomic E-state index is 5.66. The minimum atomic E-state index is 0.470. The Morgan fingerprint density at radius 1 is 1.50 bits per heavy atom. The highest BCUT2D eigenvalue weighted by atomic mass is 14.9. The second-order valence-corrected chi connectivity index (χ2v) is 4.19. The third-order valence-corrected chi connectivity index (χ3v) is 3.14. The lowest BCUT2D eigenvalue weighted by atomic mass is 10.0. The minimum absolute atomic E-state index is 0.470. The van der Waals surface area contributed by atoms with Crippen LogP contribution in [0.25, 0.3) is 11.0 Å². The van der Waals surface area contributed by atoms with Crippen LogP contribution in [-0.4, -0.2) is 28.0 Å². The van der Waals surface area contributed by atoms with Gasteiger partial charge < -0.3 is 16.0 Å². The van der Waals surface area contributed by atoms with Gasteiger partial charge in [-0.25, -0.2) is 4.98 Å². The summed E-state index contributed by atoms with van der Waals surface area (Å²) < 4.78 is 0. The molecule has 1 unspecified atom stereocenters. The van der Waals surface area contributed by atoms with Gasteiger partial charge in [0.05, 0.1) is 23.2 Å². The number of pyridine rings is 1. The maximum absolute atomic E-state index is 5.66. The number of H-pyrrole nitrogens is 1. The Labute approximate surface area is 93.5 Å². The van der Waals surface area contributed by atoms with Gasteiger partial charge in [-0.05, 0) is 19.0 Å². The molecule has 1 fully saturated rings. The lowest BCUT2D eigenvalue weighted by Crippen LogP contribution is -2.11. The number of aromatic nitrogens is 3. The van der Waals surface area contributed by atoms with E-state index in [0.717, 1.165) is 41.9 Å². The third kappa shape index (κ3) is 1.48. The SMILES string of the molecule is NCc1cc2[nH]cnc2c(C2CCNC2)n1. The van der Waals surface area contributed by atoms with Crippen molar-refractivity contribution < 1.29 is 0 Å². The van der Waals surface area contributed by atoms with Crippen molar-refractivity contribution in [3.63, 3.8) is 0 Å². The first-order chi connectivity index (χ1) is 7.88. The molecular formula is C11H15N5. The van der Waals surface area contributed by atoms with Gasteiger partial charge in [-0.2, -0.15) is 0 Å². The van der Waals surface area contributed by atoms with E-state index in [2.05, 4.69) is 20.3 Å². The van der Waals surface area contributed by atoms with E-state index in [0.29, 0.717) is 12.5 Å². The number of fused-ring (bicyclic) bond motifs is 1. The van der Waals surface area contributed by atoms with Crippen LogP contribution in [0.1, 0.15) is 23.7 Å². The van der Waals surface area contributed by atoms with Crippen molar-refractivity contribution in [1.82, 2.24) is 20.3 Å². The van der Waals surface area contributed by atoms with Gasteiger partial charge >= 0.3 is 0 Å². The first-order valence-electron chi connectivity index (χ1n) is 5.62. The van der Waals surface area contributed by atoms with Crippen LogP contribution in [0.3, 0.4) is 0 Å². The van der Waals surface area contributed by atoms with Gasteiger partial charge in [-0.3, -0.25) is 4.98 Å². The summed E-state index contributed by atoms with van der Waals surface area (Å²) in [4.78, 5) is 12.1. The summed E-state index contributed by atoms with van der Waals surface area (Å²) in [6, 6.07) is 1.98. The van der Waals surface area contributed by atoms with Crippen LogP contribution < -0.4 is 11.1 Å². The molecular weight excluding hydrogens is 202 g/mol. The largest absolute Gasteiger partial charge is 0.344 e. The molecule has 0 bridgehead atoms. The van der Waals surface area contributed by atoms with E-state index < -0.39 is 0 Å². The van der Waals surface area contributed by atoms with Crippen molar-refractivity contribution in [3.8, 4) is 0 Å². The van der Waals surface area contributed by atoms with E-state index in [1.807, 2.05) is 6.07 Å². The second-order valence-electron chi connectivity index (χ2n) is 4.19. The first-order valence-corrected chi connectivity index (χ1v) is 5.62. The van der Waals surface area contributed by atoms with Crippen molar-refractivity contribution in [1.29, 1.82) is 0 Å². The Morgan fingerprint density at radius 2 is 2.44 bits per heavy atom. The van der Waals surface area contributed by atoms with Gasteiger partial charge in [-0.1, -0.05) is 0 Å². The Bertz CT molecular complexity index is 498. The first kappa shape index (κ1) is 9.74. The normalized spacial score (nSPS) is 20.7. The van der Waals surface area contributed by atoms with Gasteiger partial charge in [0, 0.05) is 19.0 Å². The highest BCUT2D eigenvalue weighted by Crippen LogP contribution is 2.26. The molecule has 2 aromatic heterocycles. The molecule has 84 valence electrons. The second kappa shape index (κ2) is 3.84. The number of imidazole rings is 1. The zero-order valence-corrected chi connectivity index (χ0v) is 9.03. The zero-order chi connectivity index (χ0) is 11.0. The molecule has 0 aliphatic carbocycles. The highest BCUT2D eigenvalue weighted by molar-refractivity contribution is 5.77. The molecule has 1 saturated heterocycles. The number of rotatable bonds is 2. The van der Waals surface area contributed by atoms with E-state index in [1.165, 1.54) is 0 Å². The smallest absolute Gasteiger partial charge is 0.110 e. The summed E-state index contributed by atoms with van der Waals surface area (Å²) in [6.45, 7) is 2.52.